The number of hydrogen-bond acceptors (Lipinski definition) is 5. The zero-order chi connectivity index (χ0) is 21.0. The summed E-state index contributed by atoms with van der Waals surface area (Å²) in [7, 11) is 1.58. The van der Waals surface area contributed by atoms with Gasteiger partial charge in [-0.2, -0.15) is 0 Å². The number of rotatable bonds is 6. The highest BCUT2D eigenvalue weighted by atomic mass is 16.5. The average Bonchev–Trinajstić information content (AvgIpc) is 3.06. The van der Waals surface area contributed by atoms with Crippen LogP contribution in [0.4, 0.5) is 11.4 Å². The van der Waals surface area contributed by atoms with Crippen LogP contribution in [0.1, 0.15) is 27.3 Å². The Labute approximate surface area is 168 Å². The highest BCUT2D eigenvalue weighted by Gasteiger charge is 2.18. The van der Waals surface area contributed by atoms with Gasteiger partial charge in [-0.05, 0) is 62.2 Å². The Morgan fingerprint density at radius 2 is 1.76 bits per heavy atom. The van der Waals surface area contributed by atoms with Crippen molar-refractivity contribution in [3.05, 3.63) is 65.0 Å². The molecule has 150 valence electrons. The highest BCUT2D eigenvalue weighted by Crippen LogP contribution is 2.18. The fourth-order valence-electron chi connectivity index (χ4n) is 2.80. The molecule has 2 aromatic carbocycles. The quantitative estimate of drug-likeness (QED) is 0.671. The molecule has 2 N–H and O–H groups in total. The summed E-state index contributed by atoms with van der Waals surface area (Å²) in [5.41, 5.74) is 4.14. The lowest BCUT2D eigenvalue weighted by molar-refractivity contribution is -0.117. The summed E-state index contributed by atoms with van der Waals surface area (Å²) in [6.07, 6.45) is 0. The van der Waals surface area contributed by atoms with Gasteiger partial charge in [0.05, 0.1) is 12.8 Å². The number of carbonyl (C=O) groups excluding carboxylic acids is 2. The molecule has 0 radical (unpaired) electrons. The standard InChI is InChI=1S/C21H23N5O3/c1-13-6-5-7-18(14(13)2)23-19(27)12-26-15(3)20(24-25-26)21(28)22-16-8-10-17(29-4)11-9-16/h5-11H,12H2,1-4H3,(H,22,28)(H,23,27). The van der Waals surface area contributed by atoms with Gasteiger partial charge in [0.1, 0.15) is 12.3 Å². The van der Waals surface area contributed by atoms with Crippen molar-refractivity contribution in [2.75, 3.05) is 17.7 Å². The predicted molar refractivity (Wildman–Crippen MR) is 110 cm³/mol. The molecule has 0 aliphatic carbocycles. The molecule has 3 rings (SSSR count). The molecular weight excluding hydrogens is 370 g/mol. The molecule has 1 aromatic heterocycles. The topological polar surface area (TPSA) is 98.1 Å². The fraction of sp³-hybridized carbons (Fsp3) is 0.238. The number of nitrogens with zero attached hydrogens (tertiary/aromatic N) is 3. The van der Waals surface area contributed by atoms with Crippen molar-refractivity contribution in [1.82, 2.24) is 15.0 Å². The van der Waals surface area contributed by atoms with Gasteiger partial charge in [-0.25, -0.2) is 4.68 Å². The van der Waals surface area contributed by atoms with Crippen LogP contribution in [0.15, 0.2) is 42.5 Å². The maximum Gasteiger partial charge on any atom is 0.278 e. The number of nitrogens with one attached hydrogen (secondary N) is 2. The third-order valence-corrected chi connectivity index (χ3v) is 4.72. The predicted octanol–water partition coefficient (Wildman–Crippen LogP) is 3.10. The number of methoxy groups -OCH3 is 1. The van der Waals surface area contributed by atoms with Crippen molar-refractivity contribution < 1.29 is 14.3 Å². The van der Waals surface area contributed by atoms with Crippen molar-refractivity contribution >= 4 is 23.2 Å². The van der Waals surface area contributed by atoms with E-state index in [4.69, 9.17) is 4.74 Å². The number of benzene rings is 2. The van der Waals surface area contributed by atoms with E-state index in [1.807, 2.05) is 32.0 Å². The lowest BCUT2D eigenvalue weighted by Crippen LogP contribution is -2.21. The molecule has 0 unspecified atom stereocenters. The summed E-state index contributed by atoms with van der Waals surface area (Å²) in [5.74, 6) is 0.0580. The minimum atomic E-state index is -0.395. The monoisotopic (exact) mass is 393 g/mol. The Kier molecular flexibility index (Phi) is 5.92. The van der Waals surface area contributed by atoms with Gasteiger partial charge in [0, 0.05) is 11.4 Å². The molecule has 0 saturated heterocycles. The average molecular weight is 393 g/mol. The van der Waals surface area contributed by atoms with Gasteiger partial charge >= 0.3 is 0 Å². The van der Waals surface area contributed by atoms with E-state index in [1.165, 1.54) is 4.68 Å². The van der Waals surface area contributed by atoms with Crippen LogP contribution in [0.5, 0.6) is 5.75 Å². The van der Waals surface area contributed by atoms with Crippen LogP contribution in [-0.4, -0.2) is 33.9 Å². The van der Waals surface area contributed by atoms with Gasteiger partial charge in [0.2, 0.25) is 5.91 Å². The molecule has 2 amide bonds. The Balaban J connectivity index is 1.67. The first-order valence-corrected chi connectivity index (χ1v) is 9.10. The molecule has 0 saturated carbocycles. The van der Waals surface area contributed by atoms with Gasteiger partial charge in [0.15, 0.2) is 5.69 Å². The number of aromatic nitrogens is 3. The van der Waals surface area contributed by atoms with Crippen LogP contribution >= 0.6 is 0 Å². The summed E-state index contributed by atoms with van der Waals surface area (Å²) in [6, 6.07) is 12.7. The molecule has 0 fully saturated rings. The lowest BCUT2D eigenvalue weighted by atomic mass is 10.1. The van der Waals surface area contributed by atoms with Crippen LogP contribution in [-0.2, 0) is 11.3 Å². The minimum Gasteiger partial charge on any atom is -0.497 e. The summed E-state index contributed by atoms with van der Waals surface area (Å²) >= 11 is 0. The van der Waals surface area contributed by atoms with Crippen molar-refractivity contribution in [3.8, 4) is 5.75 Å². The van der Waals surface area contributed by atoms with Crippen molar-refractivity contribution in [3.63, 3.8) is 0 Å². The van der Waals surface area contributed by atoms with Crippen LogP contribution in [0, 0.1) is 20.8 Å². The molecule has 0 aliphatic heterocycles. The van der Waals surface area contributed by atoms with E-state index < -0.39 is 5.91 Å². The van der Waals surface area contributed by atoms with E-state index >= 15 is 0 Å². The molecular formula is C21H23N5O3. The summed E-state index contributed by atoms with van der Waals surface area (Å²) < 4.78 is 6.50. The number of carbonyl (C=O) groups is 2. The first-order valence-electron chi connectivity index (χ1n) is 9.10. The number of hydrogen-bond donors (Lipinski definition) is 2. The fourth-order valence-corrected chi connectivity index (χ4v) is 2.80. The summed E-state index contributed by atoms with van der Waals surface area (Å²) in [5, 5.41) is 13.5. The van der Waals surface area contributed by atoms with Gasteiger partial charge in [0.25, 0.3) is 5.91 Å². The first-order chi connectivity index (χ1) is 13.9. The Morgan fingerprint density at radius 3 is 2.45 bits per heavy atom. The highest BCUT2D eigenvalue weighted by molar-refractivity contribution is 6.03. The van der Waals surface area contributed by atoms with Crippen molar-refractivity contribution in [2.24, 2.45) is 0 Å². The molecule has 0 aliphatic rings. The number of aryl methyl sites for hydroxylation is 1. The van der Waals surface area contributed by atoms with E-state index in [0.717, 1.165) is 16.8 Å². The molecule has 8 nitrogen and oxygen atoms in total. The minimum absolute atomic E-state index is 0.0397. The summed E-state index contributed by atoms with van der Waals surface area (Å²) in [4.78, 5) is 24.9. The third kappa shape index (κ3) is 4.60. The van der Waals surface area contributed by atoms with Crippen LogP contribution in [0.3, 0.4) is 0 Å². The Hall–Kier alpha value is -3.68. The molecule has 0 spiro atoms. The second-order valence-corrected chi connectivity index (χ2v) is 6.66. The summed E-state index contributed by atoms with van der Waals surface area (Å²) in [6.45, 7) is 5.60. The largest absolute Gasteiger partial charge is 0.497 e. The van der Waals surface area contributed by atoms with Gasteiger partial charge < -0.3 is 15.4 Å². The van der Waals surface area contributed by atoms with Gasteiger partial charge in [-0.15, -0.1) is 5.10 Å². The van der Waals surface area contributed by atoms with E-state index in [1.54, 1.807) is 38.3 Å². The molecule has 3 aromatic rings. The second-order valence-electron chi connectivity index (χ2n) is 6.66. The molecule has 0 bridgehead atoms. The Bertz CT molecular complexity index is 1040. The number of amides is 2. The second kappa shape index (κ2) is 8.55. The van der Waals surface area contributed by atoms with Crippen LogP contribution < -0.4 is 15.4 Å². The SMILES string of the molecule is COc1ccc(NC(=O)c2nnn(CC(=O)Nc3cccc(C)c3C)c2C)cc1. The first kappa shape index (κ1) is 20.1. The zero-order valence-electron chi connectivity index (χ0n) is 16.8. The van der Waals surface area contributed by atoms with Crippen molar-refractivity contribution in [1.29, 1.82) is 0 Å². The molecule has 0 atom stereocenters. The van der Waals surface area contributed by atoms with Gasteiger partial charge in [-0.3, -0.25) is 9.59 Å². The zero-order valence-corrected chi connectivity index (χ0v) is 16.8. The smallest absolute Gasteiger partial charge is 0.278 e. The van der Waals surface area contributed by atoms with E-state index in [2.05, 4.69) is 20.9 Å². The van der Waals surface area contributed by atoms with E-state index in [9.17, 15) is 9.59 Å². The van der Waals surface area contributed by atoms with E-state index in [0.29, 0.717) is 17.1 Å². The molecule has 1 heterocycles. The molecule has 29 heavy (non-hydrogen) atoms. The van der Waals surface area contributed by atoms with Crippen molar-refractivity contribution in [2.45, 2.75) is 27.3 Å². The van der Waals surface area contributed by atoms with Crippen LogP contribution in [0.2, 0.25) is 0 Å². The van der Waals surface area contributed by atoms with E-state index in [-0.39, 0.29) is 18.1 Å². The van der Waals surface area contributed by atoms with Gasteiger partial charge in [-0.1, -0.05) is 17.3 Å². The number of ether oxygens (including phenoxy) is 1. The maximum absolute atomic E-state index is 12.5. The Morgan fingerprint density at radius 1 is 1.03 bits per heavy atom. The molecule has 8 heteroatoms. The van der Waals surface area contributed by atoms with Crippen LogP contribution in [0.25, 0.3) is 0 Å². The number of anilines is 2. The third-order valence-electron chi connectivity index (χ3n) is 4.72. The maximum atomic E-state index is 12.5. The normalized spacial score (nSPS) is 10.5. The lowest BCUT2D eigenvalue weighted by Gasteiger charge is -2.10.